The van der Waals surface area contributed by atoms with Crippen LogP contribution in [0, 0.1) is 0 Å². The Labute approximate surface area is 138 Å². The first kappa shape index (κ1) is 14.4. The molecule has 0 aliphatic carbocycles. The predicted octanol–water partition coefficient (Wildman–Crippen LogP) is 2.84. The van der Waals surface area contributed by atoms with Crippen molar-refractivity contribution in [2.75, 3.05) is 13.9 Å². The molecule has 0 fully saturated rings. The van der Waals surface area contributed by atoms with E-state index in [9.17, 15) is 4.79 Å². The van der Waals surface area contributed by atoms with Crippen LogP contribution in [-0.4, -0.2) is 24.8 Å². The number of aromatic amines is 1. The van der Waals surface area contributed by atoms with Gasteiger partial charge in [-0.15, -0.1) is 0 Å². The molecule has 0 saturated heterocycles. The van der Waals surface area contributed by atoms with Crippen LogP contribution in [0.5, 0.6) is 17.2 Å². The number of carbonyl (C=O) groups is 1. The number of hydrogen-bond donors (Lipinski definition) is 2. The monoisotopic (exact) mass is 324 g/mol. The number of aromatic nitrogens is 1. The van der Waals surface area contributed by atoms with Gasteiger partial charge >= 0.3 is 0 Å². The lowest BCUT2D eigenvalue weighted by atomic mass is 10.1. The highest BCUT2D eigenvalue weighted by Gasteiger charge is 2.15. The van der Waals surface area contributed by atoms with Gasteiger partial charge in [-0.25, -0.2) is 0 Å². The van der Waals surface area contributed by atoms with Crippen LogP contribution in [0.3, 0.4) is 0 Å². The Hall–Kier alpha value is -3.15. The Morgan fingerprint density at radius 3 is 2.96 bits per heavy atom. The van der Waals surface area contributed by atoms with E-state index in [2.05, 4.69) is 10.3 Å². The minimum Gasteiger partial charge on any atom is -0.497 e. The molecular formula is C18H16N2O4. The molecule has 0 unspecified atom stereocenters. The topological polar surface area (TPSA) is 72.6 Å². The molecular weight excluding hydrogens is 308 g/mol. The molecule has 0 atom stereocenters. The molecule has 1 aliphatic rings. The zero-order chi connectivity index (χ0) is 16.5. The summed E-state index contributed by atoms with van der Waals surface area (Å²) in [6.07, 6.45) is 1.71. The number of ether oxygens (including phenoxy) is 3. The van der Waals surface area contributed by atoms with Gasteiger partial charge in [-0.3, -0.25) is 4.79 Å². The highest BCUT2D eigenvalue weighted by atomic mass is 16.7. The van der Waals surface area contributed by atoms with Crippen molar-refractivity contribution < 1.29 is 19.0 Å². The highest BCUT2D eigenvalue weighted by Crippen LogP contribution is 2.32. The van der Waals surface area contributed by atoms with Crippen LogP contribution in [0.15, 0.2) is 42.6 Å². The largest absolute Gasteiger partial charge is 0.497 e. The zero-order valence-electron chi connectivity index (χ0n) is 13.1. The molecule has 2 aromatic carbocycles. The zero-order valence-corrected chi connectivity index (χ0v) is 13.1. The Morgan fingerprint density at radius 2 is 2.08 bits per heavy atom. The maximum atomic E-state index is 12.5. The fourth-order valence-corrected chi connectivity index (χ4v) is 2.74. The fourth-order valence-electron chi connectivity index (χ4n) is 2.74. The van der Waals surface area contributed by atoms with Gasteiger partial charge in [0.2, 0.25) is 6.79 Å². The van der Waals surface area contributed by atoms with E-state index >= 15 is 0 Å². The molecule has 6 heteroatoms. The van der Waals surface area contributed by atoms with Crippen LogP contribution >= 0.6 is 0 Å². The van der Waals surface area contributed by atoms with Crippen LogP contribution in [0.2, 0.25) is 0 Å². The summed E-state index contributed by atoms with van der Waals surface area (Å²) in [5, 5.41) is 3.76. The van der Waals surface area contributed by atoms with Crippen molar-refractivity contribution in [3.8, 4) is 17.2 Å². The van der Waals surface area contributed by atoms with Crippen molar-refractivity contribution in [1.29, 1.82) is 0 Å². The van der Waals surface area contributed by atoms with Crippen molar-refractivity contribution >= 4 is 16.8 Å². The van der Waals surface area contributed by atoms with Gasteiger partial charge in [0.05, 0.1) is 12.7 Å². The quantitative estimate of drug-likeness (QED) is 0.774. The number of carbonyl (C=O) groups excluding carboxylic acids is 1. The second-order valence-electron chi connectivity index (χ2n) is 5.48. The van der Waals surface area contributed by atoms with E-state index in [1.807, 2.05) is 36.4 Å². The molecule has 1 aromatic heterocycles. The summed E-state index contributed by atoms with van der Waals surface area (Å²) in [6.45, 7) is 0.647. The minimum atomic E-state index is -0.146. The van der Waals surface area contributed by atoms with Crippen LogP contribution in [0.25, 0.3) is 10.9 Å². The average molecular weight is 324 g/mol. The number of benzene rings is 2. The van der Waals surface area contributed by atoms with Crippen molar-refractivity contribution in [2.24, 2.45) is 0 Å². The van der Waals surface area contributed by atoms with Crippen molar-refractivity contribution in [3.63, 3.8) is 0 Å². The summed E-state index contributed by atoms with van der Waals surface area (Å²) in [5.74, 6) is 2.01. The first-order chi connectivity index (χ1) is 11.7. The van der Waals surface area contributed by atoms with Gasteiger partial charge in [-0.1, -0.05) is 6.07 Å². The molecule has 1 aliphatic heterocycles. The third-order valence-corrected chi connectivity index (χ3v) is 4.02. The molecule has 0 bridgehead atoms. The number of hydrogen-bond acceptors (Lipinski definition) is 4. The predicted molar refractivity (Wildman–Crippen MR) is 88.6 cm³/mol. The van der Waals surface area contributed by atoms with E-state index in [1.165, 1.54) is 0 Å². The van der Waals surface area contributed by atoms with Gasteiger partial charge in [-0.2, -0.15) is 0 Å². The Balaban J connectivity index is 1.52. The second-order valence-corrected chi connectivity index (χ2v) is 5.48. The lowest BCUT2D eigenvalue weighted by Crippen LogP contribution is -2.22. The van der Waals surface area contributed by atoms with E-state index in [0.29, 0.717) is 23.6 Å². The molecule has 0 spiro atoms. The highest BCUT2D eigenvalue weighted by molar-refractivity contribution is 6.07. The first-order valence-corrected chi connectivity index (χ1v) is 7.56. The summed E-state index contributed by atoms with van der Waals surface area (Å²) in [6, 6.07) is 11.2. The van der Waals surface area contributed by atoms with Gasteiger partial charge in [0.15, 0.2) is 11.5 Å². The standard InChI is InChI=1S/C18H16N2O4/c1-22-12-3-4-15-13(7-12)14(9-19-15)18(21)20-8-11-2-5-16-17(6-11)24-10-23-16/h2-7,9,19H,8,10H2,1H3,(H,20,21). The lowest BCUT2D eigenvalue weighted by Gasteiger charge is -2.06. The molecule has 0 saturated carbocycles. The average Bonchev–Trinajstić information content (AvgIpc) is 3.25. The Kier molecular flexibility index (Phi) is 3.49. The second kappa shape index (κ2) is 5.81. The summed E-state index contributed by atoms with van der Waals surface area (Å²) in [7, 11) is 1.60. The maximum Gasteiger partial charge on any atom is 0.253 e. The summed E-state index contributed by atoms with van der Waals surface area (Å²) in [5.41, 5.74) is 2.43. The number of H-pyrrole nitrogens is 1. The van der Waals surface area contributed by atoms with Crippen molar-refractivity contribution in [1.82, 2.24) is 10.3 Å². The molecule has 1 amide bonds. The van der Waals surface area contributed by atoms with Crippen molar-refractivity contribution in [3.05, 3.63) is 53.7 Å². The minimum absolute atomic E-state index is 0.146. The molecule has 24 heavy (non-hydrogen) atoms. The summed E-state index contributed by atoms with van der Waals surface area (Å²) in [4.78, 5) is 15.6. The fraction of sp³-hybridized carbons (Fsp3) is 0.167. The normalized spacial score (nSPS) is 12.4. The van der Waals surface area contributed by atoms with Gasteiger partial charge in [-0.05, 0) is 35.9 Å². The van der Waals surface area contributed by atoms with E-state index in [1.54, 1.807) is 13.3 Å². The van der Waals surface area contributed by atoms with E-state index < -0.39 is 0 Å². The van der Waals surface area contributed by atoms with Crippen LogP contribution < -0.4 is 19.5 Å². The van der Waals surface area contributed by atoms with Gasteiger partial charge in [0, 0.05) is 23.6 Å². The molecule has 6 nitrogen and oxygen atoms in total. The molecule has 122 valence electrons. The number of amides is 1. The number of nitrogens with one attached hydrogen (secondary N) is 2. The maximum absolute atomic E-state index is 12.5. The number of rotatable bonds is 4. The van der Waals surface area contributed by atoms with Crippen LogP contribution in [0.1, 0.15) is 15.9 Å². The van der Waals surface area contributed by atoms with Gasteiger partial charge in [0.25, 0.3) is 5.91 Å². The Bertz CT molecular complexity index is 917. The third-order valence-electron chi connectivity index (χ3n) is 4.02. The van der Waals surface area contributed by atoms with Crippen molar-refractivity contribution in [2.45, 2.75) is 6.54 Å². The van der Waals surface area contributed by atoms with Gasteiger partial charge in [0.1, 0.15) is 5.75 Å². The SMILES string of the molecule is COc1ccc2[nH]cc(C(=O)NCc3ccc4c(c3)OCO4)c2c1. The molecule has 2 heterocycles. The Morgan fingerprint density at radius 1 is 1.21 bits per heavy atom. The van der Waals surface area contributed by atoms with Gasteiger partial charge < -0.3 is 24.5 Å². The molecule has 0 radical (unpaired) electrons. The number of methoxy groups -OCH3 is 1. The van der Waals surface area contributed by atoms with Crippen LogP contribution in [0.4, 0.5) is 0 Å². The number of fused-ring (bicyclic) bond motifs is 2. The third kappa shape index (κ3) is 2.52. The van der Waals surface area contributed by atoms with E-state index in [4.69, 9.17) is 14.2 Å². The molecule has 4 rings (SSSR count). The molecule has 3 aromatic rings. The smallest absolute Gasteiger partial charge is 0.253 e. The first-order valence-electron chi connectivity index (χ1n) is 7.56. The van der Waals surface area contributed by atoms with E-state index in [0.717, 1.165) is 22.2 Å². The van der Waals surface area contributed by atoms with E-state index in [-0.39, 0.29) is 12.7 Å². The summed E-state index contributed by atoms with van der Waals surface area (Å²) >= 11 is 0. The summed E-state index contributed by atoms with van der Waals surface area (Å²) < 4.78 is 15.9. The van der Waals surface area contributed by atoms with Crippen LogP contribution in [-0.2, 0) is 6.54 Å². The lowest BCUT2D eigenvalue weighted by molar-refractivity contribution is 0.0952. The molecule has 2 N–H and O–H groups in total.